The van der Waals surface area contributed by atoms with Crippen molar-refractivity contribution in [2.45, 2.75) is 19.9 Å². The zero-order valence-electron chi connectivity index (χ0n) is 9.32. The number of rotatable bonds is 3. The molecule has 1 unspecified atom stereocenters. The van der Waals surface area contributed by atoms with Crippen LogP contribution >= 0.6 is 11.3 Å². The average molecular weight is 226 g/mol. The summed E-state index contributed by atoms with van der Waals surface area (Å²) in [5.41, 5.74) is 2.54. The smallest absolute Gasteiger partial charge is 0.205 e. The molecule has 4 nitrogen and oxygen atoms in total. The highest BCUT2D eigenvalue weighted by atomic mass is 32.1. The van der Waals surface area contributed by atoms with Gasteiger partial charge in [0.25, 0.3) is 0 Å². The van der Waals surface area contributed by atoms with E-state index in [-0.39, 0.29) is 6.04 Å². The Morgan fingerprint density at radius 1 is 1.53 bits per heavy atom. The summed E-state index contributed by atoms with van der Waals surface area (Å²) < 4.78 is 0. The monoisotopic (exact) mass is 226 g/mol. The predicted molar refractivity (Wildman–Crippen MR) is 65.7 cm³/mol. The van der Waals surface area contributed by atoms with Gasteiger partial charge in [-0.3, -0.25) is 10.4 Å². The molecule has 0 spiro atoms. The molecule has 1 aromatic rings. The summed E-state index contributed by atoms with van der Waals surface area (Å²) >= 11 is 1.74. The quantitative estimate of drug-likeness (QED) is 0.317. The summed E-state index contributed by atoms with van der Waals surface area (Å²) in [5, 5.41) is 5.35. The first-order valence-corrected chi connectivity index (χ1v) is 5.80. The van der Waals surface area contributed by atoms with E-state index >= 15 is 0 Å². The number of aliphatic imine (C=N–C) groups is 1. The molecule has 0 aromatic carbocycles. The summed E-state index contributed by atoms with van der Waals surface area (Å²) in [6.07, 6.45) is 0. The molecule has 0 fully saturated rings. The molecule has 1 heterocycles. The molecule has 0 saturated carbocycles. The lowest BCUT2D eigenvalue weighted by atomic mass is 10.0. The Balaban J connectivity index is 2.76. The first-order valence-electron chi connectivity index (χ1n) is 4.92. The SMILES string of the molecule is CN=C(NN)NC(c1cccs1)C(C)C. The van der Waals surface area contributed by atoms with Crippen LogP contribution in [0.25, 0.3) is 0 Å². The fourth-order valence-corrected chi connectivity index (χ4v) is 2.30. The lowest BCUT2D eigenvalue weighted by Crippen LogP contribution is -2.44. The number of guanidine groups is 1. The molecule has 5 heteroatoms. The minimum Gasteiger partial charge on any atom is -0.347 e. The number of hydrogen-bond donors (Lipinski definition) is 3. The summed E-state index contributed by atoms with van der Waals surface area (Å²) in [6.45, 7) is 4.34. The van der Waals surface area contributed by atoms with Crippen molar-refractivity contribution in [3.05, 3.63) is 22.4 Å². The number of nitrogens with one attached hydrogen (secondary N) is 2. The van der Waals surface area contributed by atoms with Crippen molar-refractivity contribution in [2.75, 3.05) is 7.05 Å². The van der Waals surface area contributed by atoms with Gasteiger partial charge in [0.15, 0.2) is 0 Å². The maximum atomic E-state index is 5.35. The molecule has 0 aliphatic carbocycles. The topological polar surface area (TPSA) is 62.4 Å². The molecule has 0 bridgehead atoms. The predicted octanol–water partition coefficient (Wildman–Crippen LogP) is 1.48. The van der Waals surface area contributed by atoms with E-state index in [1.165, 1.54) is 4.88 Å². The minimum atomic E-state index is 0.250. The standard InChI is InChI=1S/C10H18N4S/c1-7(2)9(8-5-4-6-15-8)13-10(12-3)14-11/h4-7,9H,11H2,1-3H3,(H2,12,13,14). The van der Waals surface area contributed by atoms with Gasteiger partial charge in [0.05, 0.1) is 6.04 Å². The Labute approximate surface area is 94.6 Å². The van der Waals surface area contributed by atoms with Gasteiger partial charge < -0.3 is 5.32 Å². The molecule has 0 radical (unpaired) electrons. The van der Waals surface area contributed by atoms with Crippen LogP contribution in [0.3, 0.4) is 0 Å². The number of nitrogens with zero attached hydrogens (tertiary/aromatic N) is 1. The van der Waals surface area contributed by atoms with E-state index in [1.807, 2.05) is 0 Å². The maximum Gasteiger partial charge on any atom is 0.205 e. The lowest BCUT2D eigenvalue weighted by molar-refractivity contribution is 0.473. The number of thiophene rings is 1. The Hall–Kier alpha value is -1.07. The molecule has 1 aromatic heterocycles. The normalized spacial score (nSPS) is 14.1. The van der Waals surface area contributed by atoms with Crippen LogP contribution < -0.4 is 16.6 Å². The van der Waals surface area contributed by atoms with E-state index in [4.69, 9.17) is 5.84 Å². The number of nitrogens with two attached hydrogens (primary N) is 1. The largest absolute Gasteiger partial charge is 0.347 e. The second-order valence-corrected chi connectivity index (χ2v) is 4.58. The molecule has 0 aliphatic rings. The second-order valence-electron chi connectivity index (χ2n) is 3.60. The van der Waals surface area contributed by atoms with Gasteiger partial charge >= 0.3 is 0 Å². The van der Waals surface area contributed by atoms with Crippen LogP contribution in [0.1, 0.15) is 24.8 Å². The molecule has 1 rings (SSSR count). The van der Waals surface area contributed by atoms with Crippen LogP contribution in [-0.2, 0) is 0 Å². The Morgan fingerprint density at radius 2 is 2.27 bits per heavy atom. The van der Waals surface area contributed by atoms with Crippen LogP contribution in [0.5, 0.6) is 0 Å². The average Bonchev–Trinajstić information content (AvgIpc) is 2.72. The van der Waals surface area contributed by atoms with Crippen LogP contribution in [0, 0.1) is 5.92 Å². The number of hydrogen-bond acceptors (Lipinski definition) is 3. The van der Waals surface area contributed by atoms with Crippen LogP contribution in [0.4, 0.5) is 0 Å². The van der Waals surface area contributed by atoms with E-state index in [9.17, 15) is 0 Å². The van der Waals surface area contributed by atoms with Gasteiger partial charge in [0.2, 0.25) is 5.96 Å². The molecule has 15 heavy (non-hydrogen) atoms. The van der Waals surface area contributed by atoms with Gasteiger partial charge in [0, 0.05) is 11.9 Å². The van der Waals surface area contributed by atoms with Crippen LogP contribution in [0.15, 0.2) is 22.5 Å². The molecular weight excluding hydrogens is 208 g/mol. The molecule has 0 saturated heterocycles. The molecular formula is C10H18N4S. The maximum absolute atomic E-state index is 5.35. The van der Waals surface area contributed by atoms with Crippen molar-refractivity contribution in [1.82, 2.24) is 10.7 Å². The van der Waals surface area contributed by atoms with Gasteiger partial charge in [-0.2, -0.15) is 0 Å². The van der Waals surface area contributed by atoms with E-state index in [0.717, 1.165) is 0 Å². The summed E-state index contributed by atoms with van der Waals surface area (Å²) in [6, 6.07) is 4.42. The van der Waals surface area contributed by atoms with Gasteiger partial charge in [0.1, 0.15) is 0 Å². The van der Waals surface area contributed by atoms with E-state index in [2.05, 4.69) is 47.1 Å². The molecule has 4 N–H and O–H groups in total. The van der Waals surface area contributed by atoms with Crippen molar-refractivity contribution >= 4 is 17.3 Å². The highest BCUT2D eigenvalue weighted by molar-refractivity contribution is 7.10. The number of hydrazine groups is 1. The highest BCUT2D eigenvalue weighted by Gasteiger charge is 2.17. The fourth-order valence-electron chi connectivity index (χ4n) is 1.35. The first kappa shape index (κ1) is 12.0. The Kier molecular flexibility index (Phi) is 4.58. The van der Waals surface area contributed by atoms with E-state index in [0.29, 0.717) is 11.9 Å². The fraction of sp³-hybridized carbons (Fsp3) is 0.500. The van der Waals surface area contributed by atoms with Crippen molar-refractivity contribution in [1.29, 1.82) is 0 Å². The van der Waals surface area contributed by atoms with Crippen molar-refractivity contribution in [3.63, 3.8) is 0 Å². The van der Waals surface area contributed by atoms with E-state index in [1.54, 1.807) is 18.4 Å². The van der Waals surface area contributed by atoms with Gasteiger partial charge in [-0.1, -0.05) is 19.9 Å². The lowest BCUT2D eigenvalue weighted by Gasteiger charge is -2.22. The minimum absolute atomic E-state index is 0.250. The summed E-state index contributed by atoms with van der Waals surface area (Å²) in [7, 11) is 1.70. The van der Waals surface area contributed by atoms with E-state index < -0.39 is 0 Å². The highest BCUT2D eigenvalue weighted by Crippen LogP contribution is 2.25. The molecule has 1 atom stereocenters. The third-order valence-corrected chi connectivity index (χ3v) is 3.12. The summed E-state index contributed by atoms with van der Waals surface area (Å²) in [5.74, 6) is 6.44. The van der Waals surface area contributed by atoms with Gasteiger partial charge in [-0.05, 0) is 17.4 Å². The van der Waals surface area contributed by atoms with Crippen molar-refractivity contribution in [3.8, 4) is 0 Å². The van der Waals surface area contributed by atoms with Gasteiger partial charge in [-0.25, -0.2) is 5.84 Å². The Bertz CT molecular complexity index is 305. The second kappa shape index (κ2) is 5.72. The third-order valence-electron chi connectivity index (χ3n) is 2.17. The zero-order chi connectivity index (χ0) is 11.3. The van der Waals surface area contributed by atoms with Crippen LogP contribution in [-0.4, -0.2) is 13.0 Å². The molecule has 0 aliphatic heterocycles. The van der Waals surface area contributed by atoms with Gasteiger partial charge in [-0.15, -0.1) is 11.3 Å². The summed E-state index contributed by atoms with van der Waals surface area (Å²) in [4.78, 5) is 5.31. The third kappa shape index (κ3) is 3.21. The zero-order valence-corrected chi connectivity index (χ0v) is 10.1. The molecule has 0 amide bonds. The van der Waals surface area contributed by atoms with Crippen molar-refractivity contribution in [2.24, 2.45) is 16.8 Å². The Morgan fingerprint density at radius 3 is 2.67 bits per heavy atom. The van der Waals surface area contributed by atoms with Crippen molar-refractivity contribution < 1.29 is 0 Å². The van der Waals surface area contributed by atoms with Crippen LogP contribution in [0.2, 0.25) is 0 Å². The molecule has 84 valence electrons. The first-order chi connectivity index (χ1) is 7.19.